The van der Waals surface area contributed by atoms with Crippen molar-refractivity contribution in [3.05, 3.63) is 76.9 Å². The molecule has 34 heavy (non-hydrogen) atoms. The van der Waals surface area contributed by atoms with E-state index < -0.39 is 17.7 Å². The van der Waals surface area contributed by atoms with Crippen LogP contribution in [0.2, 0.25) is 5.02 Å². The zero-order chi connectivity index (χ0) is 24.5. The van der Waals surface area contributed by atoms with E-state index in [-0.39, 0.29) is 47.4 Å². The van der Waals surface area contributed by atoms with E-state index in [9.17, 15) is 9.59 Å². The van der Waals surface area contributed by atoms with E-state index in [0.717, 1.165) is 12.5 Å². The smallest absolute Gasteiger partial charge is 0.335 e. The number of benzene rings is 1. The second-order valence-electron chi connectivity index (χ2n) is 7.53. The normalized spacial score (nSPS) is 13.1. The minimum Gasteiger partial charge on any atom is -0.488 e. The second kappa shape index (κ2) is 12.0. The van der Waals surface area contributed by atoms with Gasteiger partial charge in [-0.3, -0.25) is 9.78 Å². The third-order valence-electron chi connectivity index (χ3n) is 5.22. The van der Waals surface area contributed by atoms with Crippen molar-refractivity contribution in [1.29, 1.82) is 0 Å². The first-order chi connectivity index (χ1) is 16.5. The molecule has 8 heteroatoms. The van der Waals surface area contributed by atoms with Gasteiger partial charge in [-0.2, -0.15) is 0 Å². The van der Waals surface area contributed by atoms with Gasteiger partial charge in [0.05, 0.1) is 17.3 Å². The Labute approximate surface area is 203 Å². The molecular formula is C26H24ClFN2O4. The molecule has 3 rings (SSSR count). The molecule has 0 spiro atoms. The minimum absolute atomic E-state index is 0.0162. The summed E-state index contributed by atoms with van der Waals surface area (Å²) in [6.45, 7) is 3.57. The van der Waals surface area contributed by atoms with Crippen molar-refractivity contribution in [2.75, 3.05) is 18.1 Å². The van der Waals surface area contributed by atoms with Crippen LogP contribution in [0.25, 0.3) is 0 Å². The van der Waals surface area contributed by atoms with E-state index in [1.807, 2.05) is 0 Å². The van der Waals surface area contributed by atoms with Crippen molar-refractivity contribution >= 4 is 29.2 Å². The van der Waals surface area contributed by atoms with E-state index >= 15 is 4.39 Å². The molecule has 0 saturated carbocycles. The number of aromatic nitrogens is 1. The van der Waals surface area contributed by atoms with Gasteiger partial charge in [-0.1, -0.05) is 36.2 Å². The zero-order valence-corrected chi connectivity index (χ0v) is 19.3. The first-order valence-electron chi connectivity index (χ1n) is 10.7. The van der Waals surface area contributed by atoms with Gasteiger partial charge in [-0.05, 0) is 43.4 Å². The van der Waals surface area contributed by atoms with Gasteiger partial charge in [-0.15, -0.1) is 6.42 Å². The van der Waals surface area contributed by atoms with Crippen molar-refractivity contribution in [2.45, 2.75) is 32.2 Å². The topological polar surface area (TPSA) is 68.7 Å². The Morgan fingerprint density at radius 2 is 2.06 bits per heavy atom. The van der Waals surface area contributed by atoms with Crippen LogP contribution in [0, 0.1) is 18.2 Å². The van der Waals surface area contributed by atoms with Crippen molar-refractivity contribution < 1.29 is 23.5 Å². The number of nitrogens with zero attached hydrogens (tertiary/aromatic N) is 2. The van der Waals surface area contributed by atoms with Crippen LogP contribution in [0.5, 0.6) is 5.75 Å². The van der Waals surface area contributed by atoms with E-state index in [1.165, 1.54) is 17.0 Å². The quantitative estimate of drug-likeness (QED) is 0.285. The number of hydrogen-bond acceptors (Lipinski definition) is 5. The van der Waals surface area contributed by atoms with Crippen LogP contribution in [0.3, 0.4) is 0 Å². The van der Waals surface area contributed by atoms with Crippen LogP contribution in [-0.2, 0) is 20.9 Å². The average Bonchev–Trinajstić information content (AvgIpc) is 2.86. The monoisotopic (exact) mass is 482 g/mol. The van der Waals surface area contributed by atoms with Gasteiger partial charge in [-0.25, -0.2) is 9.18 Å². The lowest BCUT2D eigenvalue weighted by molar-refractivity contribution is -0.138. The highest BCUT2D eigenvalue weighted by molar-refractivity contribution is 6.32. The molecule has 0 aliphatic heterocycles. The van der Waals surface area contributed by atoms with Crippen molar-refractivity contribution in [2.24, 2.45) is 0 Å². The van der Waals surface area contributed by atoms with Crippen LogP contribution in [-0.4, -0.2) is 30.1 Å². The first-order valence-corrected chi connectivity index (χ1v) is 11.1. The molecule has 1 aliphatic rings. The number of anilines is 1. The first kappa shape index (κ1) is 25.0. The number of esters is 1. The Balaban J connectivity index is 2.08. The summed E-state index contributed by atoms with van der Waals surface area (Å²) < 4.78 is 25.8. The molecular weight excluding hydrogens is 459 g/mol. The molecule has 0 fully saturated rings. The fourth-order valence-electron chi connectivity index (χ4n) is 3.65. The summed E-state index contributed by atoms with van der Waals surface area (Å²) in [6.07, 6.45) is 12.1. The Hall–Kier alpha value is -3.63. The summed E-state index contributed by atoms with van der Waals surface area (Å²) in [5.74, 6) is 0.605. The highest BCUT2D eigenvalue weighted by Crippen LogP contribution is 2.36. The molecule has 1 aromatic carbocycles. The molecule has 2 aromatic rings. The van der Waals surface area contributed by atoms with Gasteiger partial charge in [0, 0.05) is 29.6 Å². The molecule has 6 nitrogen and oxygen atoms in total. The molecule has 0 radical (unpaired) electrons. The average molecular weight is 483 g/mol. The molecule has 1 heterocycles. The lowest BCUT2D eigenvalue weighted by Crippen LogP contribution is -2.34. The van der Waals surface area contributed by atoms with E-state index in [2.05, 4.69) is 17.5 Å². The second-order valence-corrected chi connectivity index (χ2v) is 7.94. The van der Waals surface area contributed by atoms with Crippen molar-refractivity contribution in [3.63, 3.8) is 0 Å². The van der Waals surface area contributed by atoms with Crippen molar-refractivity contribution in [1.82, 2.24) is 4.98 Å². The number of terminal acetylenes is 1. The van der Waals surface area contributed by atoms with Crippen LogP contribution >= 0.6 is 11.6 Å². The predicted molar refractivity (Wildman–Crippen MR) is 128 cm³/mol. The van der Waals surface area contributed by atoms with Gasteiger partial charge in [0.2, 0.25) is 0 Å². The molecule has 0 bridgehead atoms. The lowest BCUT2D eigenvalue weighted by atomic mass is 9.90. The molecule has 1 amide bonds. The number of carbonyl (C=O) groups excluding carboxylic acids is 2. The summed E-state index contributed by atoms with van der Waals surface area (Å²) >= 11 is 6.14. The van der Waals surface area contributed by atoms with E-state index in [1.54, 1.807) is 24.5 Å². The van der Waals surface area contributed by atoms with Gasteiger partial charge in [0.1, 0.15) is 18.2 Å². The summed E-state index contributed by atoms with van der Waals surface area (Å²) in [4.78, 5) is 31.7. The van der Waals surface area contributed by atoms with Crippen molar-refractivity contribution in [3.8, 4) is 18.1 Å². The Kier molecular flexibility index (Phi) is 8.83. The van der Waals surface area contributed by atoms with Crippen LogP contribution < -0.4 is 9.64 Å². The third kappa shape index (κ3) is 6.03. The summed E-state index contributed by atoms with van der Waals surface area (Å²) in [6, 6.07) is 5.95. The fraction of sp³-hybridized carbons (Fsp3) is 0.269. The maximum atomic E-state index is 15.2. The molecule has 0 atom stereocenters. The summed E-state index contributed by atoms with van der Waals surface area (Å²) in [5, 5.41) is 0.0623. The minimum atomic E-state index is -0.707. The predicted octanol–water partition coefficient (Wildman–Crippen LogP) is 5.02. The number of ether oxygens (including phenoxy) is 2. The fourth-order valence-corrected chi connectivity index (χ4v) is 3.85. The Morgan fingerprint density at radius 1 is 1.29 bits per heavy atom. The van der Waals surface area contributed by atoms with Gasteiger partial charge in [0.15, 0.2) is 6.61 Å². The number of hydrogen-bond donors (Lipinski definition) is 0. The molecule has 1 aliphatic carbocycles. The zero-order valence-electron chi connectivity index (χ0n) is 18.6. The lowest BCUT2D eigenvalue weighted by Gasteiger charge is -2.28. The van der Waals surface area contributed by atoms with E-state index in [0.29, 0.717) is 24.8 Å². The van der Waals surface area contributed by atoms with Crippen LogP contribution in [0.1, 0.15) is 31.2 Å². The van der Waals surface area contributed by atoms with Crippen LogP contribution in [0.15, 0.2) is 60.5 Å². The summed E-state index contributed by atoms with van der Waals surface area (Å²) in [7, 11) is 0. The maximum Gasteiger partial charge on any atom is 0.335 e. The largest absolute Gasteiger partial charge is 0.488 e. The number of amides is 1. The number of rotatable bonds is 9. The van der Waals surface area contributed by atoms with Gasteiger partial charge < -0.3 is 14.4 Å². The maximum absolute atomic E-state index is 15.2. The Morgan fingerprint density at radius 3 is 2.74 bits per heavy atom. The molecule has 0 unspecified atom stereocenters. The van der Waals surface area contributed by atoms with Gasteiger partial charge in [0.25, 0.3) is 5.91 Å². The Bertz CT molecular complexity index is 1140. The molecule has 176 valence electrons. The standard InChI is InChI=1S/C26H24ClFN2O4/c1-3-12-33-24-15-23(22(28)14-21(24)27)30(17-18-8-7-11-29-16-18)25(31)19-9-5-6-10-20(19)26(32)34-13-4-2/h2-3,7-8,11,14-16H,1,5-6,9-10,12-13,17H2. The third-order valence-corrected chi connectivity index (χ3v) is 5.51. The molecule has 0 saturated heterocycles. The number of pyridine rings is 1. The highest BCUT2D eigenvalue weighted by atomic mass is 35.5. The van der Waals surface area contributed by atoms with E-state index in [4.69, 9.17) is 27.5 Å². The highest BCUT2D eigenvalue weighted by Gasteiger charge is 2.30. The summed E-state index contributed by atoms with van der Waals surface area (Å²) in [5.41, 5.74) is 1.18. The number of carbonyl (C=O) groups is 2. The molecule has 0 N–H and O–H groups in total. The number of halogens is 2. The molecule has 1 aromatic heterocycles. The van der Waals surface area contributed by atoms with Crippen LogP contribution in [0.4, 0.5) is 10.1 Å². The van der Waals surface area contributed by atoms with Gasteiger partial charge >= 0.3 is 5.97 Å². The SMILES string of the molecule is C#CCOC(=O)C1=C(C(=O)N(Cc2cccnc2)c2cc(OCC=C)c(Cl)cc2F)CCCC1.